The maximum absolute atomic E-state index is 12.8. The lowest BCUT2D eigenvalue weighted by Crippen LogP contribution is -2.35. The number of nitrogen functional groups attached to an aromatic ring is 1. The third kappa shape index (κ3) is 5.31. The molecule has 1 aliphatic carbocycles. The first-order valence-corrected chi connectivity index (χ1v) is 10.4. The van der Waals surface area contributed by atoms with Crippen LogP contribution in [0.3, 0.4) is 0 Å². The summed E-state index contributed by atoms with van der Waals surface area (Å²) in [5.41, 5.74) is 8.59. The summed E-state index contributed by atoms with van der Waals surface area (Å²) < 4.78 is 42.8. The Morgan fingerprint density at radius 3 is 2.44 bits per heavy atom. The molecule has 0 saturated carbocycles. The number of fused-ring (bicyclic) bond motifs is 1. The van der Waals surface area contributed by atoms with E-state index in [2.05, 4.69) is 36.3 Å². The van der Waals surface area contributed by atoms with Crippen LogP contribution >= 0.6 is 15.9 Å². The summed E-state index contributed by atoms with van der Waals surface area (Å²) in [5.74, 6) is -0.759. The van der Waals surface area contributed by atoms with E-state index in [1.165, 1.54) is 35.4 Å². The molecule has 4 rings (SSSR count). The van der Waals surface area contributed by atoms with Gasteiger partial charge in [0.15, 0.2) is 5.75 Å². The number of anilines is 3. The van der Waals surface area contributed by atoms with Gasteiger partial charge in [-0.25, -0.2) is 4.98 Å². The van der Waals surface area contributed by atoms with Crippen molar-refractivity contribution in [2.75, 3.05) is 11.1 Å². The Morgan fingerprint density at radius 1 is 1.09 bits per heavy atom. The first-order valence-electron chi connectivity index (χ1n) is 9.64. The minimum absolute atomic E-state index is 0.0150. The first-order chi connectivity index (χ1) is 15.2. The number of amides is 1. The lowest BCUT2D eigenvalue weighted by molar-refractivity contribution is -0.274. The minimum atomic E-state index is -4.87. The summed E-state index contributed by atoms with van der Waals surface area (Å²) in [6.45, 7) is 0. The van der Waals surface area contributed by atoms with Gasteiger partial charge < -0.3 is 21.1 Å². The number of nitrogens with two attached hydrogens (primary N) is 1. The van der Waals surface area contributed by atoms with Crippen molar-refractivity contribution in [3.8, 4) is 5.75 Å². The van der Waals surface area contributed by atoms with Gasteiger partial charge in [-0.2, -0.15) is 0 Å². The predicted molar refractivity (Wildman–Crippen MR) is 118 cm³/mol. The fraction of sp³-hybridized carbons (Fsp3) is 0.182. The monoisotopic (exact) mass is 506 g/mol. The first kappa shape index (κ1) is 21.9. The highest BCUT2D eigenvalue weighted by molar-refractivity contribution is 9.10. The number of nitrogens with zero attached hydrogens (tertiary/aromatic N) is 1. The van der Waals surface area contributed by atoms with Crippen LogP contribution in [-0.2, 0) is 12.8 Å². The van der Waals surface area contributed by atoms with Gasteiger partial charge in [0.1, 0.15) is 11.5 Å². The van der Waals surface area contributed by atoms with Gasteiger partial charge in [-0.15, -0.1) is 13.2 Å². The van der Waals surface area contributed by atoms with Gasteiger partial charge in [-0.05, 0) is 48.2 Å². The van der Waals surface area contributed by atoms with Crippen LogP contribution in [0.15, 0.2) is 59.1 Å². The highest BCUT2D eigenvalue weighted by Gasteiger charge is 2.32. The molecule has 0 atom stereocenters. The van der Waals surface area contributed by atoms with Crippen LogP contribution < -0.4 is 21.1 Å². The molecule has 0 radical (unpaired) electrons. The number of benzene rings is 2. The lowest BCUT2D eigenvalue weighted by atomic mass is 10.1. The van der Waals surface area contributed by atoms with E-state index in [1.54, 1.807) is 6.07 Å². The molecule has 6 nitrogen and oxygen atoms in total. The van der Waals surface area contributed by atoms with Crippen molar-refractivity contribution in [2.45, 2.75) is 25.2 Å². The average Bonchev–Trinajstić information content (AvgIpc) is 3.10. The van der Waals surface area contributed by atoms with E-state index in [4.69, 9.17) is 5.73 Å². The Morgan fingerprint density at radius 2 is 1.78 bits per heavy atom. The van der Waals surface area contributed by atoms with Crippen molar-refractivity contribution >= 4 is 39.0 Å². The Balaban J connectivity index is 1.52. The third-order valence-electron chi connectivity index (χ3n) is 4.90. The third-order valence-corrected chi connectivity index (χ3v) is 5.39. The van der Waals surface area contributed by atoms with E-state index in [9.17, 15) is 18.0 Å². The average molecular weight is 507 g/mol. The molecule has 1 amide bonds. The molecule has 1 aromatic heterocycles. The topological polar surface area (TPSA) is 89.3 Å². The molecule has 0 bridgehead atoms. The van der Waals surface area contributed by atoms with Gasteiger partial charge in [0, 0.05) is 22.3 Å². The summed E-state index contributed by atoms with van der Waals surface area (Å²) in [6.07, 6.45) is -3.44. The molecule has 10 heteroatoms. The number of hydrogen-bond donors (Lipinski definition) is 3. The van der Waals surface area contributed by atoms with Crippen LogP contribution in [-0.4, -0.2) is 23.3 Å². The minimum Gasteiger partial charge on any atom is -0.404 e. The van der Waals surface area contributed by atoms with Crippen molar-refractivity contribution in [3.63, 3.8) is 0 Å². The van der Waals surface area contributed by atoms with E-state index in [-0.39, 0.29) is 28.9 Å². The maximum Gasteiger partial charge on any atom is 0.573 e. The predicted octanol–water partition coefficient (Wildman–Crippen LogP) is 4.97. The molecule has 3 aromatic rings. The Hall–Kier alpha value is -3.27. The second-order valence-electron chi connectivity index (χ2n) is 7.33. The molecule has 0 aliphatic heterocycles. The van der Waals surface area contributed by atoms with Crippen LogP contribution in [0.25, 0.3) is 0 Å². The van der Waals surface area contributed by atoms with Crippen molar-refractivity contribution in [1.29, 1.82) is 0 Å². The van der Waals surface area contributed by atoms with E-state index in [1.807, 2.05) is 24.3 Å². The molecule has 0 fully saturated rings. The summed E-state index contributed by atoms with van der Waals surface area (Å²) in [4.78, 5) is 17.0. The number of pyridine rings is 1. The zero-order valence-electron chi connectivity index (χ0n) is 16.5. The summed E-state index contributed by atoms with van der Waals surface area (Å²) >= 11 is 3.12. The number of aromatic nitrogens is 1. The van der Waals surface area contributed by atoms with Gasteiger partial charge in [0.2, 0.25) is 0 Å². The largest absolute Gasteiger partial charge is 0.573 e. The lowest BCUT2D eigenvalue weighted by Gasteiger charge is -2.16. The molecule has 1 heterocycles. The maximum atomic E-state index is 12.8. The number of carbonyl (C=O) groups is 1. The highest BCUT2D eigenvalue weighted by atomic mass is 79.9. The van der Waals surface area contributed by atoms with Crippen molar-refractivity contribution in [3.05, 3.63) is 75.9 Å². The second kappa shape index (κ2) is 8.70. The number of hydrogen-bond acceptors (Lipinski definition) is 5. The number of halogens is 4. The number of carbonyl (C=O) groups excluding carboxylic acids is 1. The fourth-order valence-corrected chi connectivity index (χ4v) is 3.94. The van der Waals surface area contributed by atoms with Gasteiger partial charge in [-0.3, -0.25) is 4.79 Å². The Labute approximate surface area is 190 Å². The SMILES string of the molecule is Nc1cc(Nc2ccc(Br)cc2OC(F)(F)F)nc(C(=O)NC2Cc3ccccc3C2)c1. The molecule has 0 spiro atoms. The molecule has 0 unspecified atom stereocenters. The van der Waals surface area contributed by atoms with E-state index >= 15 is 0 Å². The van der Waals surface area contributed by atoms with Gasteiger partial charge in [0.25, 0.3) is 5.91 Å². The standard InChI is InChI=1S/C22H18BrF3N4O2/c23-14-5-6-17(19(9-14)32-22(24,25)26)29-20-11-15(27)10-18(30-20)21(31)28-16-7-12-3-1-2-4-13(12)8-16/h1-6,9-11,16H,7-8H2,(H,28,31)(H3,27,29,30). The van der Waals surface area contributed by atoms with Gasteiger partial charge in [0.05, 0.1) is 5.69 Å². The van der Waals surface area contributed by atoms with Crippen molar-refractivity contribution in [1.82, 2.24) is 10.3 Å². The van der Waals surface area contributed by atoms with Crippen LogP contribution in [0.5, 0.6) is 5.75 Å². The smallest absolute Gasteiger partial charge is 0.404 e. The van der Waals surface area contributed by atoms with E-state index < -0.39 is 18.0 Å². The summed E-state index contributed by atoms with van der Waals surface area (Å²) in [7, 11) is 0. The van der Waals surface area contributed by atoms with Gasteiger partial charge in [-0.1, -0.05) is 40.2 Å². The van der Waals surface area contributed by atoms with E-state index in [0.29, 0.717) is 17.3 Å². The number of alkyl halides is 3. The van der Waals surface area contributed by atoms with Crippen molar-refractivity contribution < 1.29 is 22.7 Å². The van der Waals surface area contributed by atoms with Crippen LogP contribution in [0.4, 0.5) is 30.4 Å². The fourth-order valence-electron chi connectivity index (χ4n) is 3.60. The number of nitrogens with one attached hydrogen (secondary N) is 2. The van der Waals surface area contributed by atoms with Crippen LogP contribution in [0.1, 0.15) is 21.6 Å². The molecule has 32 heavy (non-hydrogen) atoms. The number of rotatable bonds is 5. The van der Waals surface area contributed by atoms with Crippen molar-refractivity contribution in [2.24, 2.45) is 0 Å². The summed E-state index contributed by atoms with van der Waals surface area (Å²) in [5, 5.41) is 5.70. The normalized spacial score (nSPS) is 13.5. The highest BCUT2D eigenvalue weighted by Crippen LogP contribution is 2.34. The molecule has 4 N–H and O–H groups in total. The van der Waals surface area contributed by atoms with E-state index in [0.717, 1.165) is 0 Å². The quantitative estimate of drug-likeness (QED) is 0.454. The molecule has 2 aromatic carbocycles. The molecular weight excluding hydrogens is 489 g/mol. The Bertz CT molecular complexity index is 1150. The van der Waals surface area contributed by atoms with Gasteiger partial charge >= 0.3 is 6.36 Å². The summed E-state index contributed by atoms with van der Waals surface area (Å²) in [6, 6.07) is 14.8. The zero-order chi connectivity index (χ0) is 22.9. The zero-order valence-corrected chi connectivity index (χ0v) is 18.1. The second-order valence-corrected chi connectivity index (χ2v) is 8.25. The molecule has 1 aliphatic rings. The molecule has 166 valence electrons. The Kier molecular flexibility index (Phi) is 5.96. The molecule has 0 saturated heterocycles. The van der Waals surface area contributed by atoms with Crippen LogP contribution in [0.2, 0.25) is 0 Å². The van der Waals surface area contributed by atoms with Crippen LogP contribution in [0, 0.1) is 0 Å². The number of ether oxygens (including phenoxy) is 1. The molecular formula is C22H18BrF3N4O2.